The molecule has 0 aromatic heterocycles. The van der Waals surface area contributed by atoms with Gasteiger partial charge in [0, 0.05) is 25.2 Å². The van der Waals surface area contributed by atoms with Crippen molar-refractivity contribution in [3.05, 3.63) is 35.6 Å². The van der Waals surface area contributed by atoms with E-state index in [1.165, 1.54) is 31.0 Å². The number of amides is 2. The molecule has 1 atom stereocenters. The third kappa shape index (κ3) is 3.64. The van der Waals surface area contributed by atoms with Crippen molar-refractivity contribution in [2.75, 3.05) is 19.6 Å². The average Bonchev–Trinajstić information content (AvgIpc) is 3.36. The van der Waals surface area contributed by atoms with E-state index in [0.29, 0.717) is 24.6 Å². The van der Waals surface area contributed by atoms with Crippen molar-refractivity contribution in [2.45, 2.75) is 25.7 Å². The number of benzene rings is 1. The highest BCUT2D eigenvalue weighted by molar-refractivity contribution is 5.94. The Kier molecular flexibility index (Phi) is 4.41. The fourth-order valence-electron chi connectivity index (χ4n) is 2.89. The predicted molar refractivity (Wildman–Crippen MR) is 80.8 cm³/mol. The molecule has 1 N–H and O–H groups in total. The molecule has 2 fully saturated rings. The fourth-order valence-corrected chi connectivity index (χ4v) is 2.89. The molecule has 2 aliphatic rings. The second-order valence-electron chi connectivity index (χ2n) is 6.29. The average molecular weight is 304 g/mol. The summed E-state index contributed by atoms with van der Waals surface area (Å²) in [5.74, 6) is -0.0630. The summed E-state index contributed by atoms with van der Waals surface area (Å²) in [6, 6.07) is 5.72. The first-order valence-electron chi connectivity index (χ1n) is 7.96. The Labute approximate surface area is 129 Å². The number of likely N-dealkylation sites (tertiary alicyclic amines) is 1. The topological polar surface area (TPSA) is 49.4 Å². The van der Waals surface area contributed by atoms with E-state index in [0.717, 1.165) is 19.4 Å². The number of nitrogens with one attached hydrogen (secondary N) is 1. The quantitative estimate of drug-likeness (QED) is 0.927. The zero-order valence-electron chi connectivity index (χ0n) is 12.6. The normalized spacial score (nSPS) is 21.5. The smallest absolute Gasteiger partial charge is 0.253 e. The first-order valence-corrected chi connectivity index (χ1v) is 7.96. The Morgan fingerprint density at radius 1 is 1.27 bits per heavy atom. The zero-order chi connectivity index (χ0) is 15.5. The van der Waals surface area contributed by atoms with Crippen molar-refractivity contribution in [1.29, 1.82) is 0 Å². The molecule has 2 amide bonds. The lowest BCUT2D eigenvalue weighted by atomic mass is 9.96. The number of carbonyl (C=O) groups excluding carboxylic acids is 2. The van der Waals surface area contributed by atoms with Crippen LogP contribution in [0.1, 0.15) is 36.0 Å². The van der Waals surface area contributed by atoms with E-state index in [-0.39, 0.29) is 17.7 Å². The predicted octanol–water partition coefficient (Wildman–Crippen LogP) is 2.20. The number of hydrogen-bond acceptors (Lipinski definition) is 2. The van der Waals surface area contributed by atoms with Crippen molar-refractivity contribution < 1.29 is 14.0 Å². The second-order valence-corrected chi connectivity index (χ2v) is 6.29. The minimum atomic E-state index is -0.415. The highest BCUT2D eigenvalue weighted by Crippen LogP contribution is 2.28. The summed E-state index contributed by atoms with van der Waals surface area (Å²) < 4.78 is 13.2. The van der Waals surface area contributed by atoms with Crippen molar-refractivity contribution in [3.8, 4) is 0 Å². The molecule has 118 valence electrons. The lowest BCUT2D eigenvalue weighted by molar-refractivity contribution is -0.126. The third-order valence-corrected chi connectivity index (χ3v) is 4.41. The van der Waals surface area contributed by atoms with E-state index >= 15 is 0 Å². The van der Waals surface area contributed by atoms with Gasteiger partial charge in [0.05, 0.1) is 5.92 Å². The van der Waals surface area contributed by atoms with Gasteiger partial charge in [0.2, 0.25) is 5.91 Å². The lowest BCUT2D eigenvalue weighted by Crippen LogP contribution is -2.45. The maximum Gasteiger partial charge on any atom is 0.253 e. The van der Waals surface area contributed by atoms with Gasteiger partial charge in [-0.3, -0.25) is 9.59 Å². The van der Waals surface area contributed by atoms with Gasteiger partial charge in [-0.25, -0.2) is 4.39 Å². The minimum Gasteiger partial charge on any atom is -0.356 e. The van der Waals surface area contributed by atoms with Crippen molar-refractivity contribution >= 4 is 11.8 Å². The summed E-state index contributed by atoms with van der Waals surface area (Å²) in [5, 5.41) is 2.99. The highest BCUT2D eigenvalue weighted by atomic mass is 19.1. The van der Waals surface area contributed by atoms with Gasteiger partial charge in [0.25, 0.3) is 5.91 Å². The van der Waals surface area contributed by atoms with Gasteiger partial charge in [0.1, 0.15) is 5.82 Å². The Morgan fingerprint density at radius 2 is 2.09 bits per heavy atom. The van der Waals surface area contributed by atoms with Crippen molar-refractivity contribution in [3.63, 3.8) is 0 Å². The SMILES string of the molecule is O=C(NCC1CC1)[C@H]1CCCN(C(=O)c2cccc(F)c2)C1. The van der Waals surface area contributed by atoms with Gasteiger partial charge in [-0.2, -0.15) is 0 Å². The van der Waals surface area contributed by atoms with Gasteiger partial charge < -0.3 is 10.2 Å². The minimum absolute atomic E-state index is 0.0450. The number of hydrogen-bond donors (Lipinski definition) is 1. The Bertz CT molecular complexity index is 572. The van der Waals surface area contributed by atoms with E-state index in [1.807, 2.05) is 0 Å². The molecule has 1 aromatic rings. The summed E-state index contributed by atoms with van der Waals surface area (Å²) >= 11 is 0. The van der Waals surface area contributed by atoms with Gasteiger partial charge in [0.15, 0.2) is 0 Å². The lowest BCUT2D eigenvalue weighted by Gasteiger charge is -2.32. The Hall–Kier alpha value is -1.91. The molecule has 0 radical (unpaired) electrons. The summed E-state index contributed by atoms with van der Waals surface area (Å²) in [6.45, 7) is 1.81. The molecule has 4 nitrogen and oxygen atoms in total. The molecule has 3 rings (SSSR count). The fraction of sp³-hybridized carbons (Fsp3) is 0.529. The van der Waals surface area contributed by atoms with Gasteiger partial charge >= 0.3 is 0 Å². The van der Waals surface area contributed by atoms with Crippen LogP contribution in [0.2, 0.25) is 0 Å². The largest absolute Gasteiger partial charge is 0.356 e. The maximum atomic E-state index is 13.2. The number of nitrogens with zero attached hydrogens (tertiary/aromatic N) is 1. The van der Waals surface area contributed by atoms with Crippen LogP contribution in [-0.2, 0) is 4.79 Å². The third-order valence-electron chi connectivity index (χ3n) is 4.41. The van der Waals surface area contributed by atoms with Crippen LogP contribution in [-0.4, -0.2) is 36.3 Å². The van der Waals surface area contributed by atoms with Crippen LogP contribution < -0.4 is 5.32 Å². The van der Waals surface area contributed by atoms with Crippen LogP contribution in [0.3, 0.4) is 0 Å². The van der Waals surface area contributed by atoms with Crippen LogP contribution in [0.4, 0.5) is 4.39 Å². The van der Waals surface area contributed by atoms with E-state index in [2.05, 4.69) is 5.32 Å². The molecule has 1 aliphatic heterocycles. The molecule has 0 bridgehead atoms. The maximum absolute atomic E-state index is 13.2. The van der Waals surface area contributed by atoms with Crippen LogP contribution >= 0.6 is 0 Å². The Balaban J connectivity index is 1.59. The molecule has 1 saturated heterocycles. The second kappa shape index (κ2) is 6.46. The van der Waals surface area contributed by atoms with E-state index < -0.39 is 5.82 Å². The standard InChI is InChI=1S/C17H21FN2O2/c18-15-5-1-3-13(9-15)17(22)20-8-2-4-14(11-20)16(21)19-10-12-6-7-12/h1,3,5,9,12,14H,2,4,6-8,10-11H2,(H,19,21)/t14-/m0/s1. The molecule has 1 heterocycles. The van der Waals surface area contributed by atoms with E-state index in [1.54, 1.807) is 11.0 Å². The molecular weight excluding hydrogens is 283 g/mol. The molecule has 0 spiro atoms. The zero-order valence-corrected chi connectivity index (χ0v) is 12.6. The number of carbonyl (C=O) groups is 2. The summed E-state index contributed by atoms with van der Waals surface area (Å²) in [4.78, 5) is 26.3. The molecule has 5 heteroatoms. The number of rotatable bonds is 4. The summed E-state index contributed by atoms with van der Waals surface area (Å²) in [7, 11) is 0. The van der Waals surface area contributed by atoms with E-state index in [9.17, 15) is 14.0 Å². The van der Waals surface area contributed by atoms with Crippen LogP contribution in [0.5, 0.6) is 0 Å². The highest BCUT2D eigenvalue weighted by Gasteiger charge is 2.30. The number of halogens is 1. The molecule has 22 heavy (non-hydrogen) atoms. The molecule has 1 aliphatic carbocycles. The van der Waals surface area contributed by atoms with Crippen LogP contribution in [0.25, 0.3) is 0 Å². The van der Waals surface area contributed by atoms with E-state index in [4.69, 9.17) is 0 Å². The van der Waals surface area contributed by atoms with Crippen LogP contribution in [0, 0.1) is 17.7 Å². The molecule has 1 saturated carbocycles. The van der Waals surface area contributed by atoms with Gasteiger partial charge in [-0.05, 0) is 49.8 Å². The summed E-state index contributed by atoms with van der Waals surface area (Å²) in [5.41, 5.74) is 0.346. The van der Waals surface area contributed by atoms with Crippen LogP contribution in [0.15, 0.2) is 24.3 Å². The first-order chi connectivity index (χ1) is 10.6. The van der Waals surface area contributed by atoms with Crippen molar-refractivity contribution in [2.24, 2.45) is 11.8 Å². The van der Waals surface area contributed by atoms with Crippen molar-refractivity contribution in [1.82, 2.24) is 10.2 Å². The summed E-state index contributed by atoms with van der Waals surface area (Å²) in [6.07, 6.45) is 4.02. The first kappa shape index (κ1) is 15.0. The monoisotopic (exact) mass is 304 g/mol. The molecule has 1 aromatic carbocycles. The Morgan fingerprint density at radius 3 is 2.82 bits per heavy atom. The number of piperidine rings is 1. The van der Waals surface area contributed by atoms with Gasteiger partial charge in [-0.15, -0.1) is 0 Å². The van der Waals surface area contributed by atoms with Gasteiger partial charge in [-0.1, -0.05) is 6.07 Å². The molecule has 0 unspecified atom stereocenters. The molecular formula is C17H21FN2O2.